The Morgan fingerprint density at radius 1 is 1.12 bits per heavy atom. The molecule has 34 heavy (non-hydrogen) atoms. The summed E-state index contributed by atoms with van der Waals surface area (Å²) in [6.07, 6.45) is 13.2. The Kier molecular flexibility index (Phi) is 5.59. The van der Waals surface area contributed by atoms with E-state index in [4.69, 9.17) is 9.40 Å². The van der Waals surface area contributed by atoms with E-state index >= 15 is 0 Å². The van der Waals surface area contributed by atoms with E-state index in [1.165, 1.54) is 37.6 Å². The van der Waals surface area contributed by atoms with Crippen LogP contribution in [0.5, 0.6) is 0 Å². The van der Waals surface area contributed by atoms with E-state index in [9.17, 15) is 4.79 Å². The minimum Gasteiger partial charge on any atom is -0.451 e. The minimum atomic E-state index is 0.0936. The molecule has 0 bridgehead atoms. The van der Waals surface area contributed by atoms with Crippen molar-refractivity contribution in [1.82, 2.24) is 20.0 Å². The Hall–Kier alpha value is -2.81. The average molecular weight is 479 g/mol. The molecule has 2 saturated carbocycles. The third-order valence-corrected chi connectivity index (χ3v) is 8.12. The molecule has 178 valence electrons. The maximum absolute atomic E-state index is 12.7. The van der Waals surface area contributed by atoms with Gasteiger partial charge in [0.2, 0.25) is 5.78 Å². The molecule has 1 aliphatic heterocycles. The lowest BCUT2D eigenvalue weighted by molar-refractivity contribution is 0.0895. The highest BCUT2D eigenvalue weighted by Gasteiger charge is 2.44. The molecule has 0 radical (unpaired) electrons. The molecule has 3 aromatic heterocycles. The van der Waals surface area contributed by atoms with Gasteiger partial charge in [0, 0.05) is 25.3 Å². The Labute approximate surface area is 203 Å². The molecule has 1 N–H and O–H groups in total. The van der Waals surface area contributed by atoms with Gasteiger partial charge in [-0.3, -0.25) is 4.79 Å². The highest BCUT2D eigenvalue weighted by Crippen LogP contribution is 2.54. The number of ketones is 1. The predicted molar refractivity (Wildman–Crippen MR) is 133 cm³/mol. The number of nitrogens with one attached hydrogen (secondary N) is 1. The summed E-state index contributed by atoms with van der Waals surface area (Å²) in [6, 6.07) is 7.60. The third-order valence-electron chi connectivity index (χ3n) is 7.71. The average Bonchev–Trinajstić information content (AvgIpc) is 3.36. The van der Waals surface area contributed by atoms with E-state index in [0.29, 0.717) is 22.6 Å². The van der Waals surface area contributed by atoms with Gasteiger partial charge in [-0.1, -0.05) is 30.0 Å². The number of pyridine rings is 1. The molecule has 3 fully saturated rings. The first-order valence-electron chi connectivity index (χ1n) is 12.3. The number of Topliss-reactive ketones (excluding diaryl/α,β-unsaturated/α-hetero) is 1. The van der Waals surface area contributed by atoms with Gasteiger partial charge in [0.15, 0.2) is 17.3 Å². The molecule has 6 rings (SSSR count). The Morgan fingerprint density at radius 2 is 1.91 bits per heavy atom. The van der Waals surface area contributed by atoms with Gasteiger partial charge in [-0.05, 0) is 68.2 Å². The molecule has 0 amide bonds. The highest BCUT2D eigenvalue weighted by molar-refractivity contribution is 7.99. The summed E-state index contributed by atoms with van der Waals surface area (Å²) in [7, 11) is 0. The first-order chi connectivity index (χ1) is 16.6. The van der Waals surface area contributed by atoms with E-state index in [2.05, 4.69) is 19.9 Å². The molecule has 0 atom stereocenters. The molecule has 1 spiro atoms. The van der Waals surface area contributed by atoms with E-state index < -0.39 is 0 Å². The molecule has 0 unspecified atom stereocenters. The number of hydrogen-bond acceptors (Lipinski definition) is 8. The van der Waals surface area contributed by atoms with Gasteiger partial charge >= 0.3 is 0 Å². The van der Waals surface area contributed by atoms with Crippen molar-refractivity contribution < 1.29 is 9.21 Å². The molecular formula is C25H30N6O2S. The van der Waals surface area contributed by atoms with Crippen LogP contribution in [0.4, 0.5) is 11.6 Å². The van der Waals surface area contributed by atoms with Gasteiger partial charge in [-0.25, -0.2) is 9.67 Å². The molecular weight excluding hydrogens is 448 g/mol. The van der Waals surface area contributed by atoms with Crippen LogP contribution in [0, 0.1) is 11.3 Å². The quantitative estimate of drug-likeness (QED) is 0.358. The zero-order chi connectivity index (χ0) is 23.1. The number of nitrogens with zero attached hydrogens (tertiary/aromatic N) is 5. The SMILES string of the molecule is CSNc1ccc(-n2cc(-c3ccc(C(=O)C4CCCC4)o3)nn2)c(N2CCC3(CC2)CC3)n1. The van der Waals surface area contributed by atoms with Crippen molar-refractivity contribution in [2.75, 3.05) is 29.0 Å². The molecule has 9 heteroatoms. The number of anilines is 2. The lowest BCUT2D eigenvalue weighted by Gasteiger charge is -2.34. The molecule has 1 saturated heterocycles. The summed E-state index contributed by atoms with van der Waals surface area (Å²) in [6.45, 7) is 2.02. The number of piperidine rings is 1. The summed E-state index contributed by atoms with van der Waals surface area (Å²) < 4.78 is 10.9. The van der Waals surface area contributed by atoms with Crippen molar-refractivity contribution in [1.29, 1.82) is 0 Å². The van der Waals surface area contributed by atoms with Crippen LogP contribution in [0.1, 0.15) is 61.9 Å². The number of furan rings is 1. The van der Waals surface area contributed by atoms with Crippen LogP contribution in [-0.2, 0) is 0 Å². The maximum atomic E-state index is 12.7. The fourth-order valence-electron chi connectivity index (χ4n) is 5.38. The van der Waals surface area contributed by atoms with Crippen molar-refractivity contribution in [2.24, 2.45) is 11.3 Å². The Balaban J connectivity index is 1.27. The Bertz CT molecular complexity index is 1180. The summed E-state index contributed by atoms with van der Waals surface area (Å²) in [5.41, 5.74) is 2.10. The van der Waals surface area contributed by atoms with Crippen LogP contribution in [0.15, 0.2) is 34.9 Å². The molecule has 3 aromatic rings. The lowest BCUT2D eigenvalue weighted by atomic mass is 9.94. The van der Waals surface area contributed by atoms with E-state index in [0.717, 1.165) is 56.1 Å². The maximum Gasteiger partial charge on any atom is 0.201 e. The zero-order valence-corrected chi connectivity index (χ0v) is 20.3. The van der Waals surface area contributed by atoms with Crippen LogP contribution in [-0.4, -0.2) is 45.1 Å². The second kappa shape index (κ2) is 8.76. The van der Waals surface area contributed by atoms with Crippen LogP contribution in [0.2, 0.25) is 0 Å². The van der Waals surface area contributed by atoms with Crippen LogP contribution < -0.4 is 9.62 Å². The standard InChI is InChI=1S/C25H30N6O2S/c1-34-28-22-9-6-19(24(26-22)30-14-12-25(10-11-25)13-15-30)31-16-18(27-29-31)20-7-8-21(33-20)23(32)17-4-2-3-5-17/h6-9,16-17H,2-5,10-15H2,1H3,(H,26,28). The number of aromatic nitrogens is 4. The first-order valence-corrected chi connectivity index (χ1v) is 13.5. The van der Waals surface area contributed by atoms with Crippen LogP contribution >= 0.6 is 11.9 Å². The molecule has 8 nitrogen and oxygen atoms in total. The predicted octanol–water partition coefficient (Wildman–Crippen LogP) is 5.37. The van der Waals surface area contributed by atoms with Gasteiger partial charge in [0.05, 0.1) is 6.20 Å². The number of carbonyl (C=O) groups is 1. The normalized spacial score (nSPS) is 19.6. The fraction of sp³-hybridized carbons (Fsp3) is 0.520. The van der Waals surface area contributed by atoms with E-state index in [-0.39, 0.29) is 11.7 Å². The second-order valence-corrected chi connectivity index (χ2v) is 10.5. The zero-order valence-electron chi connectivity index (χ0n) is 19.5. The summed E-state index contributed by atoms with van der Waals surface area (Å²) in [5, 5.41) is 8.75. The van der Waals surface area contributed by atoms with Crippen molar-refractivity contribution in [3.05, 3.63) is 36.2 Å². The van der Waals surface area contributed by atoms with E-state index in [1.54, 1.807) is 10.7 Å². The summed E-state index contributed by atoms with van der Waals surface area (Å²) in [5.74, 6) is 2.95. The van der Waals surface area contributed by atoms with Crippen molar-refractivity contribution >= 4 is 29.4 Å². The van der Waals surface area contributed by atoms with Crippen molar-refractivity contribution in [2.45, 2.75) is 51.4 Å². The minimum absolute atomic E-state index is 0.0936. The van der Waals surface area contributed by atoms with Gasteiger partial charge in [-0.2, -0.15) is 0 Å². The fourth-order valence-corrected chi connectivity index (χ4v) is 5.70. The van der Waals surface area contributed by atoms with Crippen LogP contribution in [0.3, 0.4) is 0 Å². The second-order valence-electron chi connectivity index (χ2n) is 9.89. The molecule has 0 aromatic carbocycles. The summed E-state index contributed by atoms with van der Waals surface area (Å²) >= 11 is 1.53. The third kappa shape index (κ3) is 4.10. The number of hydrogen-bond donors (Lipinski definition) is 1. The molecule has 3 aliphatic rings. The smallest absolute Gasteiger partial charge is 0.201 e. The topological polar surface area (TPSA) is 89.1 Å². The Morgan fingerprint density at radius 3 is 2.65 bits per heavy atom. The van der Waals surface area contributed by atoms with Crippen molar-refractivity contribution in [3.8, 4) is 17.1 Å². The van der Waals surface area contributed by atoms with Gasteiger partial charge < -0.3 is 14.0 Å². The summed E-state index contributed by atoms with van der Waals surface area (Å²) in [4.78, 5) is 20.0. The van der Waals surface area contributed by atoms with E-state index in [1.807, 2.05) is 30.7 Å². The lowest BCUT2D eigenvalue weighted by Crippen LogP contribution is -2.35. The van der Waals surface area contributed by atoms with Gasteiger partial charge in [-0.15, -0.1) is 5.10 Å². The first kappa shape index (κ1) is 21.7. The molecule has 2 aliphatic carbocycles. The van der Waals surface area contributed by atoms with Gasteiger partial charge in [0.1, 0.15) is 17.2 Å². The van der Waals surface area contributed by atoms with Crippen LogP contribution in [0.25, 0.3) is 17.1 Å². The van der Waals surface area contributed by atoms with Crippen molar-refractivity contribution in [3.63, 3.8) is 0 Å². The largest absolute Gasteiger partial charge is 0.451 e. The monoisotopic (exact) mass is 478 g/mol. The number of carbonyl (C=O) groups excluding carboxylic acids is 1. The highest BCUT2D eigenvalue weighted by atomic mass is 32.2. The number of rotatable bonds is 7. The van der Waals surface area contributed by atoms with Gasteiger partial charge in [0.25, 0.3) is 0 Å². The molecule has 4 heterocycles.